The molecule has 4 aliphatic carbocycles. The summed E-state index contributed by atoms with van der Waals surface area (Å²) < 4.78 is 19.2. The lowest BCUT2D eigenvalue weighted by Gasteiger charge is -2.60. The van der Waals surface area contributed by atoms with Crippen molar-refractivity contribution in [1.29, 1.82) is 0 Å². The molecule has 4 fully saturated rings. The van der Waals surface area contributed by atoms with Gasteiger partial charge in [0.2, 0.25) is 0 Å². The Morgan fingerprint density at radius 1 is 1.31 bits per heavy atom. The van der Waals surface area contributed by atoms with Crippen molar-refractivity contribution < 1.29 is 24.1 Å². The van der Waals surface area contributed by atoms with Crippen LogP contribution < -0.4 is 0 Å². The van der Waals surface area contributed by atoms with E-state index in [1.165, 1.54) is 5.57 Å². The quantitative estimate of drug-likeness (QED) is 0.556. The predicted octanol–water partition coefficient (Wildman–Crippen LogP) is 5.53. The summed E-state index contributed by atoms with van der Waals surface area (Å²) >= 11 is 0. The third kappa shape index (κ3) is 3.67. The Bertz CT molecular complexity index is 958. The molecule has 1 heterocycles. The Labute approximate surface area is 211 Å². The summed E-state index contributed by atoms with van der Waals surface area (Å²) in [5, 5.41) is 11.8. The number of carbonyl (C=O) groups is 1. The van der Waals surface area contributed by atoms with Crippen LogP contribution in [-0.2, 0) is 19.0 Å². The number of carbonyl (C=O) groups excluding carboxylic acids is 1. The number of aliphatic hydroxyl groups is 1. The third-order valence-corrected chi connectivity index (χ3v) is 9.96. The lowest BCUT2D eigenvalue weighted by Crippen LogP contribution is -2.63. The maximum absolute atomic E-state index is 14.1. The van der Waals surface area contributed by atoms with Crippen molar-refractivity contribution >= 4 is 5.78 Å². The molecule has 1 saturated heterocycles. The van der Waals surface area contributed by atoms with Crippen LogP contribution in [0.15, 0.2) is 36.0 Å². The second-order valence-corrected chi connectivity index (χ2v) is 13.1. The van der Waals surface area contributed by atoms with E-state index < -0.39 is 22.7 Å². The van der Waals surface area contributed by atoms with Gasteiger partial charge in [0.15, 0.2) is 17.7 Å². The van der Waals surface area contributed by atoms with E-state index in [0.29, 0.717) is 12.3 Å². The summed E-state index contributed by atoms with van der Waals surface area (Å²) in [4.78, 5) is 14.1. The molecule has 5 aliphatic rings. The van der Waals surface area contributed by atoms with Gasteiger partial charge >= 0.3 is 0 Å². The molecule has 0 amide bonds. The van der Waals surface area contributed by atoms with Crippen LogP contribution in [0, 0.1) is 28.6 Å². The molecule has 1 N–H and O–H groups in total. The highest BCUT2D eigenvalue weighted by molar-refractivity contribution is 5.91. The van der Waals surface area contributed by atoms with E-state index in [9.17, 15) is 9.90 Å². The number of Topliss-reactive ketones (excluding diaryl/α,β-unsaturated/α-hetero) is 1. The van der Waals surface area contributed by atoms with E-state index in [2.05, 4.69) is 45.6 Å². The molecule has 5 rings (SSSR count). The van der Waals surface area contributed by atoms with Crippen LogP contribution in [0.1, 0.15) is 80.1 Å². The fourth-order valence-corrected chi connectivity index (χ4v) is 8.47. The molecule has 0 spiro atoms. The van der Waals surface area contributed by atoms with Crippen molar-refractivity contribution in [1.82, 2.24) is 0 Å². The Morgan fingerprint density at radius 2 is 2.06 bits per heavy atom. The summed E-state index contributed by atoms with van der Waals surface area (Å²) in [6.45, 7) is 16.6. The van der Waals surface area contributed by atoms with Crippen LogP contribution in [0.3, 0.4) is 0 Å². The highest BCUT2D eigenvalue weighted by Gasteiger charge is 2.75. The smallest absolute Gasteiger partial charge is 0.193 e. The number of rotatable bonds is 5. The third-order valence-electron chi connectivity index (χ3n) is 9.96. The Balaban J connectivity index is 1.52. The minimum absolute atomic E-state index is 0.00412. The van der Waals surface area contributed by atoms with E-state index in [0.717, 1.165) is 37.7 Å². The number of fused-ring (bicyclic) bond motifs is 7. The zero-order valence-electron chi connectivity index (χ0n) is 22.4. The molecule has 3 saturated carbocycles. The molecule has 1 aliphatic heterocycles. The van der Waals surface area contributed by atoms with Crippen LogP contribution in [0.5, 0.6) is 0 Å². The van der Waals surface area contributed by atoms with Gasteiger partial charge in [-0.05, 0) is 70.3 Å². The van der Waals surface area contributed by atoms with E-state index >= 15 is 0 Å². The molecule has 0 aromatic heterocycles. The van der Waals surface area contributed by atoms with E-state index in [4.69, 9.17) is 14.2 Å². The minimum atomic E-state index is -1.07. The molecule has 5 heteroatoms. The highest BCUT2D eigenvalue weighted by Crippen LogP contribution is 2.69. The van der Waals surface area contributed by atoms with Crippen molar-refractivity contribution in [2.24, 2.45) is 28.6 Å². The topological polar surface area (TPSA) is 65.0 Å². The zero-order chi connectivity index (χ0) is 25.4. The number of ether oxygens (including phenoxy) is 3. The van der Waals surface area contributed by atoms with Crippen molar-refractivity contribution in [3.8, 4) is 0 Å². The first-order chi connectivity index (χ1) is 16.4. The van der Waals surface area contributed by atoms with Gasteiger partial charge in [-0.3, -0.25) is 4.79 Å². The average Bonchev–Trinajstić information content (AvgIpc) is 3.24. The lowest BCUT2D eigenvalue weighted by atomic mass is 9.46. The van der Waals surface area contributed by atoms with E-state index in [1.807, 2.05) is 20.8 Å². The summed E-state index contributed by atoms with van der Waals surface area (Å²) in [5.74, 6) is 0.646. The van der Waals surface area contributed by atoms with Gasteiger partial charge in [-0.1, -0.05) is 57.6 Å². The molecule has 0 unspecified atom stereocenters. The fourth-order valence-electron chi connectivity index (χ4n) is 8.47. The molecule has 0 bridgehead atoms. The largest absolute Gasteiger partial charge is 0.393 e. The van der Waals surface area contributed by atoms with Gasteiger partial charge in [-0.15, -0.1) is 0 Å². The normalized spacial score (nSPS) is 46.5. The molecule has 194 valence electrons. The summed E-state index contributed by atoms with van der Waals surface area (Å²) in [6.07, 6.45) is 10.5. The standard InChI is InChI=1S/C30H44O5/c1-8-9-25-34-24-15-21-20-11-10-19-14-18(2)12-13-28(19,6)26(20)22(31)16-29(21,7)30(24,35-25)23(32)17-33-27(3,4)5/h12-14,20-22,24-26,31H,2,8-11,15-17H2,1,3-7H3/t20-,21-,22-,24+,25+,26+,28-,29-,30+/m0/s1. The zero-order valence-corrected chi connectivity index (χ0v) is 22.4. The van der Waals surface area contributed by atoms with Gasteiger partial charge in [-0.25, -0.2) is 0 Å². The van der Waals surface area contributed by atoms with Crippen molar-refractivity contribution in [3.63, 3.8) is 0 Å². The number of hydrogen-bond acceptors (Lipinski definition) is 5. The van der Waals surface area contributed by atoms with Crippen LogP contribution in [0.25, 0.3) is 0 Å². The van der Waals surface area contributed by atoms with Crippen molar-refractivity contribution in [2.45, 2.75) is 110 Å². The van der Waals surface area contributed by atoms with E-state index in [1.54, 1.807) is 0 Å². The summed E-state index contributed by atoms with van der Waals surface area (Å²) in [7, 11) is 0. The Hall–Kier alpha value is -1.27. The van der Waals surface area contributed by atoms with Crippen LogP contribution in [0.2, 0.25) is 0 Å². The predicted molar refractivity (Wildman–Crippen MR) is 136 cm³/mol. The number of aliphatic hydroxyl groups excluding tert-OH is 1. The van der Waals surface area contributed by atoms with Gasteiger partial charge < -0.3 is 19.3 Å². The second-order valence-electron chi connectivity index (χ2n) is 13.1. The van der Waals surface area contributed by atoms with Crippen LogP contribution in [-0.4, -0.2) is 47.2 Å². The summed E-state index contributed by atoms with van der Waals surface area (Å²) in [6, 6.07) is 0. The fraction of sp³-hybridized carbons (Fsp3) is 0.767. The van der Waals surface area contributed by atoms with Gasteiger partial charge in [0.05, 0.1) is 17.8 Å². The van der Waals surface area contributed by atoms with Gasteiger partial charge in [-0.2, -0.15) is 0 Å². The van der Waals surface area contributed by atoms with Crippen molar-refractivity contribution in [2.75, 3.05) is 6.61 Å². The first-order valence-corrected chi connectivity index (χ1v) is 13.6. The van der Waals surface area contributed by atoms with Gasteiger partial charge in [0.25, 0.3) is 0 Å². The van der Waals surface area contributed by atoms with Crippen LogP contribution >= 0.6 is 0 Å². The first-order valence-electron chi connectivity index (χ1n) is 13.6. The molecule has 0 aromatic rings. The van der Waals surface area contributed by atoms with Crippen LogP contribution in [0.4, 0.5) is 0 Å². The van der Waals surface area contributed by atoms with E-state index in [-0.39, 0.29) is 42.0 Å². The molecule has 0 aromatic carbocycles. The minimum Gasteiger partial charge on any atom is -0.393 e. The Morgan fingerprint density at radius 3 is 2.74 bits per heavy atom. The second kappa shape index (κ2) is 8.37. The monoisotopic (exact) mass is 484 g/mol. The first kappa shape index (κ1) is 25.4. The molecule has 35 heavy (non-hydrogen) atoms. The molecule has 9 atom stereocenters. The molecular formula is C30H44O5. The molecule has 0 radical (unpaired) electrons. The van der Waals surface area contributed by atoms with Gasteiger partial charge in [0, 0.05) is 16.7 Å². The maximum atomic E-state index is 14.1. The Kier molecular flexibility index (Phi) is 6.07. The summed E-state index contributed by atoms with van der Waals surface area (Å²) in [5.41, 5.74) is 0.251. The maximum Gasteiger partial charge on any atom is 0.193 e. The number of hydrogen-bond donors (Lipinski definition) is 1. The van der Waals surface area contributed by atoms with Gasteiger partial charge in [0.1, 0.15) is 6.61 Å². The SMILES string of the molecule is C=C1C=C[C@@]2(C)C(=C1)CC[C@@H]1[C@@H]2[C@@H](O)C[C@@]2(C)[C@H]1C[C@H]1O[C@@H](CCC)O[C@]12C(=O)COC(C)(C)C. The molecular weight excluding hydrogens is 440 g/mol. The molecule has 5 nitrogen and oxygen atoms in total. The number of ketones is 1. The van der Waals surface area contributed by atoms with Crippen molar-refractivity contribution in [3.05, 3.63) is 36.0 Å². The number of allylic oxidation sites excluding steroid dienone is 5. The highest BCUT2D eigenvalue weighted by atomic mass is 16.7. The lowest BCUT2D eigenvalue weighted by molar-refractivity contribution is -0.202. The average molecular weight is 485 g/mol.